The summed E-state index contributed by atoms with van der Waals surface area (Å²) in [7, 11) is 0. The van der Waals surface area contributed by atoms with Gasteiger partial charge in [0.15, 0.2) is 0 Å². The summed E-state index contributed by atoms with van der Waals surface area (Å²) < 4.78 is 62.2. The van der Waals surface area contributed by atoms with Crippen LogP contribution in [-0.4, -0.2) is 34.4 Å². The van der Waals surface area contributed by atoms with E-state index in [0.29, 0.717) is 4.90 Å². The second-order valence-electron chi connectivity index (χ2n) is 7.30. The van der Waals surface area contributed by atoms with Gasteiger partial charge < -0.3 is 4.90 Å². The number of alkyl halides is 2. The number of piperidine rings is 1. The highest BCUT2D eigenvalue weighted by Crippen LogP contribution is 2.32. The van der Waals surface area contributed by atoms with Gasteiger partial charge in [0.2, 0.25) is 17.6 Å². The Bertz CT molecular complexity index is 1290. The first-order valence-corrected chi connectivity index (χ1v) is 9.95. The summed E-state index contributed by atoms with van der Waals surface area (Å²) >= 11 is 5.70. The van der Waals surface area contributed by atoms with E-state index in [2.05, 4.69) is 0 Å². The van der Waals surface area contributed by atoms with E-state index >= 15 is 0 Å². The molecular weight excluding hydrogens is 442 g/mol. The highest BCUT2D eigenvalue weighted by molar-refractivity contribution is 6.30. The summed E-state index contributed by atoms with van der Waals surface area (Å²) in [5, 5.41) is 2.11. The van der Waals surface area contributed by atoms with Crippen LogP contribution in [0, 0.1) is 0 Å². The van der Waals surface area contributed by atoms with Crippen molar-refractivity contribution < 1.29 is 33.4 Å². The third kappa shape index (κ3) is 4.14. The number of ketones is 1. The van der Waals surface area contributed by atoms with Gasteiger partial charge in [0.05, 0.1) is 1.37 Å². The average molecular weight is 465 g/mol. The summed E-state index contributed by atoms with van der Waals surface area (Å²) in [5.74, 6) is -8.34. The smallest absolute Gasteiger partial charge is 0.322 e. The molecule has 0 saturated carbocycles. The minimum absolute atomic E-state index is 0.0379. The van der Waals surface area contributed by atoms with Gasteiger partial charge in [-0.3, -0.25) is 24.5 Å². The molecule has 32 heavy (non-hydrogen) atoms. The largest absolute Gasteiger partial charge is 0.330 e. The lowest BCUT2D eigenvalue weighted by Crippen LogP contribution is -2.52. The Morgan fingerprint density at radius 1 is 1.25 bits per heavy atom. The number of benzene rings is 2. The zero-order chi connectivity index (χ0) is 26.6. The number of aryl methyl sites for hydroxylation is 1. The molecule has 1 saturated heterocycles. The van der Waals surface area contributed by atoms with Gasteiger partial charge in [0.25, 0.3) is 5.91 Å². The summed E-state index contributed by atoms with van der Waals surface area (Å²) in [4.78, 5) is 50.1. The van der Waals surface area contributed by atoms with Gasteiger partial charge in [0.1, 0.15) is 6.02 Å². The molecule has 1 fully saturated rings. The molecule has 166 valence electrons. The van der Waals surface area contributed by atoms with Crippen molar-refractivity contribution in [1.82, 2.24) is 10.2 Å². The first-order chi connectivity index (χ1) is 16.7. The number of amides is 3. The van der Waals surface area contributed by atoms with Crippen molar-refractivity contribution >= 4 is 35.1 Å². The monoisotopic (exact) mass is 464 g/mol. The Labute approximate surface area is 193 Å². The standard InChI is InChI=1S/C23H19ClF2N2O4/c24-16-5-3-15(4-6-16)23(25,26)19(29)9-2-13-1-7-17-14(11-13)12-28(22(17)32)18-8-10-20(30)27-21(18)31/h1,3-7,11,18H,2,8-10,12H2,(H,27,30,31)/i2D,8D2,18D. The predicted molar refractivity (Wildman–Crippen MR) is 111 cm³/mol. The molecule has 0 bridgehead atoms. The van der Waals surface area contributed by atoms with Gasteiger partial charge in [-0.25, -0.2) is 0 Å². The van der Waals surface area contributed by atoms with Crippen molar-refractivity contribution in [1.29, 1.82) is 0 Å². The Hall–Kier alpha value is -3.13. The van der Waals surface area contributed by atoms with Crippen LogP contribution in [0.15, 0.2) is 42.5 Å². The van der Waals surface area contributed by atoms with Crippen LogP contribution in [0.25, 0.3) is 0 Å². The van der Waals surface area contributed by atoms with Gasteiger partial charge in [0, 0.05) is 39.6 Å². The highest BCUT2D eigenvalue weighted by Gasteiger charge is 2.41. The van der Waals surface area contributed by atoms with Crippen LogP contribution in [0.4, 0.5) is 8.78 Å². The third-order valence-electron chi connectivity index (χ3n) is 5.17. The fraction of sp³-hybridized carbons (Fsp3) is 0.304. The van der Waals surface area contributed by atoms with Crippen molar-refractivity contribution in [2.24, 2.45) is 0 Å². The van der Waals surface area contributed by atoms with E-state index in [9.17, 15) is 28.0 Å². The van der Waals surface area contributed by atoms with Crippen LogP contribution in [0.1, 0.15) is 51.7 Å². The Morgan fingerprint density at radius 3 is 2.66 bits per heavy atom. The van der Waals surface area contributed by atoms with E-state index in [1.807, 2.05) is 5.32 Å². The quantitative estimate of drug-likeness (QED) is 0.664. The first kappa shape index (κ1) is 17.4. The van der Waals surface area contributed by atoms with E-state index in [1.165, 1.54) is 30.3 Å². The molecular formula is C23H19ClF2N2O4. The second kappa shape index (κ2) is 8.43. The normalized spacial score (nSPS) is 25.2. The molecule has 4 rings (SSSR count). The number of Topliss-reactive ketones (excluding diaryl/α,β-unsaturated/α-hetero) is 1. The average Bonchev–Trinajstić information content (AvgIpc) is 3.13. The molecule has 0 spiro atoms. The lowest BCUT2D eigenvalue weighted by molar-refractivity contribution is -0.144. The van der Waals surface area contributed by atoms with Crippen LogP contribution < -0.4 is 5.32 Å². The van der Waals surface area contributed by atoms with Gasteiger partial charge in [-0.15, -0.1) is 0 Å². The predicted octanol–water partition coefficient (Wildman–Crippen LogP) is 3.39. The molecule has 2 unspecified atom stereocenters. The van der Waals surface area contributed by atoms with E-state index in [1.54, 1.807) is 0 Å². The number of hydrogen-bond donors (Lipinski definition) is 1. The van der Waals surface area contributed by atoms with Crippen LogP contribution in [0.3, 0.4) is 0 Å². The van der Waals surface area contributed by atoms with Crippen LogP contribution >= 0.6 is 11.6 Å². The molecule has 2 aliphatic rings. The van der Waals surface area contributed by atoms with E-state index in [4.69, 9.17) is 17.1 Å². The Kier molecular flexibility index (Phi) is 4.59. The van der Waals surface area contributed by atoms with E-state index < -0.39 is 66.6 Å². The topological polar surface area (TPSA) is 83.6 Å². The minimum Gasteiger partial charge on any atom is -0.322 e. The molecule has 1 N–H and O–H groups in total. The first-order valence-electron chi connectivity index (χ1n) is 11.6. The van der Waals surface area contributed by atoms with Gasteiger partial charge >= 0.3 is 5.92 Å². The number of rotatable bonds is 6. The maximum Gasteiger partial charge on any atom is 0.330 e. The van der Waals surface area contributed by atoms with Gasteiger partial charge in [-0.05, 0) is 42.1 Å². The molecule has 2 aromatic carbocycles. The van der Waals surface area contributed by atoms with Crippen LogP contribution in [-0.2, 0) is 33.2 Å². The molecule has 0 aliphatic carbocycles. The summed E-state index contributed by atoms with van der Waals surface area (Å²) in [5.41, 5.74) is -0.137. The highest BCUT2D eigenvalue weighted by atomic mass is 35.5. The van der Waals surface area contributed by atoms with E-state index in [-0.39, 0.29) is 28.3 Å². The fourth-order valence-electron chi connectivity index (χ4n) is 3.50. The minimum atomic E-state index is -3.84. The number of carbonyl (C=O) groups excluding carboxylic acids is 4. The Balaban J connectivity index is 1.55. The molecule has 2 aliphatic heterocycles. The lowest BCUT2D eigenvalue weighted by Gasteiger charge is -2.29. The molecule has 2 aromatic rings. The summed E-state index contributed by atoms with van der Waals surface area (Å²) in [6.45, 7) is -0.381. The molecule has 0 aromatic heterocycles. The van der Waals surface area contributed by atoms with Crippen molar-refractivity contribution in [3.63, 3.8) is 0 Å². The fourth-order valence-corrected chi connectivity index (χ4v) is 3.63. The molecule has 3 amide bonds. The van der Waals surface area contributed by atoms with Crippen molar-refractivity contribution in [2.75, 3.05) is 0 Å². The number of nitrogens with one attached hydrogen (secondary N) is 1. The third-order valence-corrected chi connectivity index (χ3v) is 5.42. The molecule has 0 radical (unpaired) electrons. The van der Waals surface area contributed by atoms with E-state index in [0.717, 1.165) is 12.1 Å². The van der Waals surface area contributed by atoms with Crippen LogP contribution in [0.2, 0.25) is 5.02 Å². The number of halogens is 3. The van der Waals surface area contributed by atoms with Gasteiger partial charge in [-0.2, -0.15) is 8.78 Å². The van der Waals surface area contributed by atoms with Crippen molar-refractivity contribution in [3.8, 4) is 0 Å². The number of imide groups is 1. The Morgan fingerprint density at radius 2 is 1.97 bits per heavy atom. The maximum absolute atomic E-state index is 14.6. The molecule has 9 heteroatoms. The maximum atomic E-state index is 14.6. The second-order valence-corrected chi connectivity index (χ2v) is 7.74. The van der Waals surface area contributed by atoms with Crippen molar-refractivity contribution in [2.45, 2.75) is 44.1 Å². The zero-order valence-electron chi connectivity index (χ0n) is 20.5. The summed E-state index contributed by atoms with van der Waals surface area (Å²) in [6.07, 6.45) is -5.71. The number of hydrogen-bond acceptors (Lipinski definition) is 4. The van der Waals surface area contributed by atoms with Crippen LogP contribution in [0.5, 0.6) is 0 Å². The van der Waals surface area contributed by atoms with Gasteiger partial charge in [-0.1, -0.05) is 35.9 Å². The molecule has 2 atom stereocenters. The number of carbonyl (C=O) groups is 4. The SMILES string of the molecule is [2H]C(CC(=O)C(F)(F)c1ccc(Cl)cc1)c1ccc2c(c1)CN(C1([2H])C(=O)NC(=O)CC1([2H])[2H])C2=O. The lowest BCUT2D eigenvalue weighted by atomic mass is 9.97. The van der Waals surface area contributed by atoms with Crippen molar-refractivity contribution in [3.05, 3.63) is 69.7 Å². The zero-order valence-corrected chi connectivity index (χ0v) is 17.2. The number of nitrogens with zero attached hydrogens (tertiary/aromatic N) is 1. The molecule has 2 heterocycles. The summed E-state index contributed by atoms with van der Waals surface area (Å²) in [6, 6.07) is 5.70. The molecule has 6 nitrogen and oxygen atoms in total. The number of fused-ring (bicyclic) bond motifs is 1.